The highest BCUT2D eigenvalue weighted by Crippen LogP contribution is 2.36. The van der Waals surface area contributed by atoms with Crippen molar-refractivity contribution in [2.45, 2.75) is 24.5 Å². The first-order valence-electron chi connectivity index (χ1n) is 8.41. The number of para-hydroxylation sites is 2. The van der Waals surface area contributed by atoms with Gasteiger partial charge in [-0.1, -0.05) is 23.9 Å². The molecule has 1 atom stereocenters. The van der Waals surface area contributed by atoms with Gasteiger partial charge >= 0.3 is 0 Å². The fraction of sp³-hybridized carbons (Fsp3) is 0.263. The molecule has 6 nitrogen and oxygen atoms in total. The molecule has 2 heterocycles. The summed E-state index contributed by atoms with van der Waals surface area (Å²) in [5.41, 5.74) is 1.38. The Hall–Kier alpha value is -2.67. The predicted molar refractivity (Wildman–Crippen MR) is 102 cm³/mol. The zero-order valence-electron chi connectivity index (χ0n) is 14.5. The van der Waals surface area contributed by atoms with Gasteiger partial charge in [0, 0.05) is 5.75 Å². The molecule has 1 unspecified atom stereocenters. The topological polar surface area (TPSA) is 68.8 Å². The van der Waals surface area contributed by atoms with Crippen molar-refractivity contribution in [3.05, 3.63) is 48.5 Å². The second-order valence-electron chi connectivity index (χ2n) is 6.21. The molecule has 132 valence electrons. The van der Waals surface area contributed by atoms with E-state index >= 15 is 0 Å². The molecule has 1 aliphatic rings. The van der Waals surface area contributed by atoms with Crippen molar-refractivity contribution in [1.29, 1.82) is 0 Å². The third kappa shape index (κ3) is 2.88. The Labute approximate surface area is 155 Å². The second-order valence-corrected chi connectivity index (χ2v) is 7.16. The summed E-state index contributed by atoms with van der Waals surface area (Å²) < 4.78 is 7.08. The molecule has 26 heavy (non-hydrogen) atoms. The van der Waals surface area contributed by atoms with Crippen LogP contribution in [0.15, 0.2) is 63.9 Å². The molecule has 0 amide bonds. The summed E-state index contributed by atoms with van der Waals surface area (Å²) in [6.45, 7) is 4.37. The lowest BCUT2D eigenvalue weighted by Gasteiger charge is -2.27. The maximum Gasteiger partial charge on any atom is 0.263 e. The molecule has 0 aliphatic carbocycles. The van der Waals surface area contributed by atoms with E-state index in [9.17, 15) is 4.79 Å². The van der Waals surface area contributed by atoms with Crippen molar-refractivity contribution in [1.82, 2.24) is 9.55 Å². The Morgan fingerprint density at radius 3 is 2.77 bits per heavy atom. The molecule has 0 saturated carbocycles. The van der Waals surface area contributed by atoms with Crippen LogP contribution in [-0.2, 0) is 0 Å². The lowest BCUT2D eigenvalue weighted by Crippen LogP contribution is -2.42. The maximum absolute atomic E-state index is 13.1. The zero-order valence-corrected chi connectivity index (χ0v) is 15.4. The maximum atomic E-state index is 13.1. The molecule has 4 rings (SSSR count). The number of benzene rings is 2. The summed E-state index contributed by atoms with van der Waals surface area (Å²) in [7, 11) is 0. The highest BCUT2D eigenvalue weighted by atomic mass is 32.2. The molecule has 1 aliphatic heterocycles. The van der Waals surface area contributed by atoms with Crippen LogP contribution in [0.5, 0.6) is 5.75 Å². The monoisotopic (exact) mass is 366 g/mol. The molecule has 1 aromatic heterocycles. The van der Waals surface area contributed by atoms with Gasteiger partial charge in [-0.25, -0.2) is 4.98 Å². The number of thioether (sulfide) groups is 1. The Kier molecular flexibility index (Phi) is 4.24. The molecule has 0 saturated heterocycles. The van der Waals surface area contributed by atoms with Gasteiger partial charge in [0.25, 0.3) is 5.91 Å². The number of ether oxygens (including phenoxy) is 1. The van der Waals surface area contributed by atoms with Crippen molar-refractivity contribution in [2.75, 3.05) is 12.4 Å². The van der Waals surface area contributed by atoms with Crippen LogP contribution in [0.2, 0.25) is 0 Å². The van der Waals surface area contributed by atoms with Crippen LogP contribution in [0, 0.1) is 0 Å². The number of hydrogen-bond donors (Lipinski definition) is 0. The van der Waals surface area contributed by atoms with Crippen molar-refractivity contribution >= 4 is 34.4 Å². The smallest absolute Gasteiger partial charge is 0.263 e. The van der Waals surface area contributed by atoms with Crippen LogP contribution in [0.25, 0.3) is 11.0 Å². The first kappa shape index (κ1) is 16.8. The van der Waals surface area contributed by atoms with Gasteiger partial charge in [-0.15, -0.1) is 0 Å². The normalized spacial score (nSPS) is 19.8. The molecule has 2 aromatic carbocycles. The highest BCUT2D eigenvalue weighted by Gasteiger charge is 2.41. The number of aromatic nitrogens is 2. The van der Waals surface area contributed by atoms with Gasteiger partial charge in [0.05, 0.1) is 23.3 Å². The van der Waals surface area contributed by atoms with Gasteiger partial charge in [0.2, 0.25) is 0 Å². The number of hydrogen-bond acceptors (Lipinski definition) is 6. The van der Waals surface area contributed by atoms with Crippen LogP contribution >= 0.6 is 11.8 Å². The quantitative estimate of drug-likeness (QED) is 0.626. The summed E-state index contributed by atoms with van der Waals surface area (Å²) in [6.07, 6.45) is 0. The molecular weight excluding hydrogens is 348 g/mol. The van der Waals surface area contributed by atoms with E-state index in [4.69, 9.17) is 4.74 Å². The minimum absolute atomic E-state index is 0.102. The van der Waals surface area contributed by atoms with Crippen LogP contribution in [-0.4, -0.2) is 33.4 Å². The summed E-state index contributed by atoms with van der Waals surface area (Å²) >= 11 is 1.53. The molecule has 0 radical (unpaired) electrons. The van der Waals surface area contributed by atoms with E-state index in [1.807, 2.05) is 62.4 Å². The summed E-state index contributed by atoms with van der Waals surface area (Å²) in [6, 6.07) is 15.0. The van der Waals surface area contributed by atoms with E-state index in [0.717, 1.165) is 16.8 Å². The number of fused-ring (bicyclic) bond motifs is 3. The molecule has 7 heteroatoms. The van der Waals surface area contributed by atoms with Crippen LogP contribution in [0.1, 0.15) is 18.6 Å². The number of carbonyl (C=O) groups is 1. The van der Waals surface area contributed by atoms with Gasteiger partial charge in [0.15, 0.2) is 10.7 Å². The number of nitrogens with zero attached hydrogens (tertiary/aromatic N) is 4. The molecule has 0 bridgehead atoms. The van der Waals surface area contributed by atoms with Gasteiger partial charge in [-0.2, -0.15) is 10.2 Å². The van der Waals surface area contributed by atoms with Crippen molar-refractivity contribution in [3.63, 3.8) is 0 Å². The van der Waals surface area contributed by atoms with E-state index in [-0.39, 0.29) is 5.91 Å². The Morgan fingerprint density at radius 1 is 1.23 bits per heavy atom. The Balaban J connectivity index is 1.63. The minimum atomic E-state index is -0.931. The number of azo groups is 1. The molecule has 0 spiro atoms. The molecule has 0 fully saturated rings. The zero-order chi connectivity index (χ0) is 18.1. The summed E-state index contributed by atoms with van der Waals surface area (Å²) in [5.74, 6) is 1.20. The van der Waals surface area contributed by atoms with Crippen molar-refractivity contribution in [3.8, 4) is 5.75 Å². The van der Waals surface area contributed by atoms with Gasteiger partial charge in [0.1, 0.15) is 5.75 Å². The second kappa shape index (κ2) is 6.57. The van der Waals surface area contributed by atoms with Crippen LogP contribution < -0.4 is 4.74 Å². The van der Waals surface area contributed by atoms with Gasteiger partial charge < -0.3 is 4.74 Å². The lowest BCUT2D eigenvalue weighted by molar-refractivity contribution is 0.0816. The van der Waals surface area contributed by atoms with Crippen LogP contribution in [0.4, 0.5) is 5.69 Å². The number of carbonyl (C=O) groups excluding carboxylic acids is 1. The Bertz CT molecular complexity index is 996. The van der Waals surface area contributed by atoms with E-state index < -0.39 is 5.54 Å². The average molecular weight is 366 g/mol. The first-order chi connectivity index (χ1) is 12.6. The first-order valence-corrected chi connectivity index (χ1v) is 9.40. The van der Waals surface area contributed by atoms with Crippen molar-refractivity contribution < 1.29 is 9.53 Å². The predicted octanol–water partition coefficient (Wildman–Crippen LogP) is 4.72. The average Bonchev–Trinajstić information content (AvgIpc) is 3.04. The number of imidazole rings is 1. The standard InChI is InChI=1S/C19H18N4O2S/c1-3-25-14-10-8-13(9-11-14)21-22-19(2)12-26-18-20-15-6-4-5-7-16(15)23(18)17(19)24/h4-11H,3,12H2,1-2H3. The fourth-order valence-corrected chi connectivity index (χ4v) is 3.88. The SMILES string of the molecule is CCOc1ccc(N=NC2(C)CSc3nc4ccccc4n3C2=O)cc1. The molecule has 3 aromatic rings. The lowest BCUT2D eigenvalue weighted by atomic mass is 10.1. The molecule has 0 N–H and O–H groups in total. The van der Waals surface area contributed by atoms with Gasteiger partial charge in [-0.05, 0) is 50.2 Å². The van der Waals surface area contributed by atoms with E-state index in [1.54, 1.807) is 4.57 Å². The highest BCUT2D eigenvalue weighted by molar-refractivity contribution is 7.99. The van der Waals surface area contributed by atoms with E-state index in [1.165, 1.54) is 11.8 Å². The minimum Gasteiger partial charge on any atom is -0.494 e. The van der Waals surface area contributed by atoms with Crippen molar-refractivity contribution in [2.24, 2.45) is 10.2 Å². The van der Waals surface area contributed by atoms with E-state index in [0.29, 0.717) is 23.2 Å². The Morgan fingerprint density at radius 2 is 2.00 bits per heavy atom. The third-order valence-electron chi connectivity index (χ3n) is 4.21. The van der Waals surface area contributed by atoms with Gasteiger partial charge in [-0.3, -0.25) is 9.36 Å². The summed E-state index contributed by atoms with van der Waals surface area (Å²) in [5, 5.41) is 9.40. The van der Waals surface area contributed by atoms with E-state index in [2.05, 4.69) is 15.2 Å². The fourth-order valence-electron chi connectivity index (χ4n) is 2.82. The summed E-state index contributed by atoms with van der Waals surface area (Å²) in [4.78, 5) is 17.6. The number of rotatable bonds is 4. The van der Waals surface area contributed by atoms with Crippen LogP contribution in [0.3, 0.4) is 0 Å². The third-order valence-corrected chi connectivity index (χ3v) is 5.45. The largest absolute Gasteiger partial charge is 0.494 e. The molecular formula is C19H18N4O2S.